The Balaban J connectivity index is 4.34. The fourth-order valence-electron chi connectivity index (χ4n) is 6.43. The minimum Gasteiger partial charge on any atom is -0.756 e. The number of hydrogen-bond donors (Lipinski definition) is 0. The number of nitrogens with zero attached hydrogens (tertiary/aromatic N) is 1. The Morgan fingerprint density at radius 2 is 0.931 bits per heavy atom. The molecular weight excluding hydrogens is 750 g/mol. The largest absolute Gasteiger partial charge is 0.756 e. The number of carbonyl (C=O) groups is 2. The summed E-state index contributed by atoms with van der Waals surface area (Å²) in [6.07, 6.45) is 45.9. The number of hydrogen-bond acceptors (Lipinski definition) is 8. The molecule has 0 aliphatic carbocycles. The molecule has 0 saturated heterocycles. The highest BCUT2D eigenvalue weighted by Gasteiger charge is 2.21. The molecule has 0 radical (unpaired) electrons. The average Bonchev–Trinajstić information content (AvgIpc) is 3.17. The Hall–Kier alpha value is -1.77. The van der Waals surface area contributed by atoms with E-state index in [0.717, 1.165) is 57.8 Å². The first kappa shape index (κ1) is 56.2. The molecule has 340 valence electrons. The lowest BCUT2D eigenvalue weighted by Gasteiger charge is -2.28. The van der Waals surface area contributed by atoms with Crippen molar-refractivity contribution in [1.82, 2.24) is 0 Å². The first-order valence-corrected chi connectivity index (χ1v) is 25.2. The van der Waals surface area contributed by atoms with Crippen molar-refractivity contribution in [2.45, 2.75) is 213 Å². The molecule has 2 atom stereocenters. The molecule has 0 heterocycles. The van der Waals surface area contributed by atoms with Crippen molar-refractivity contribution in [2.24, 2.45) is 0 Å². The number of carbonyl (C=O) groups excluding carboxylic acids is 2. The van der Waals surface area contributed by atoms with Gasteiger partial charge in [0.2, 0.25) is 0 Å². The first-order valence-electron chi connectivity index (χ1n) is 23.7. The van der Waals surface area contributed by atoms with Gasteiger partial charge in [0.15, 0.2) is 6.10 Å². The van der Waals surface area contributed by atoms with Gasteiger partial charge >= 0.3 is 11.9 Å². The van der Waals surface area contributed by atoms with Crippen LogP contribution < -0.4 is 4.89 Å². The van der Waals surface area contributed by atoms with E-state index in [-0.39, 0.29) is 32.0 Å². The van der Waals surface area contributed by atoms with Crippen molar-refractivity contribution in [3.05, 3.63) is 36.5 Å². The van der Waals surface area contributed by atoms with E-state index in [1.165, 1.54) is 116 Å². The maximum atomic E-state index is 12.7. The predicted molar refractivity (Wildman–Crippen MR) is 241 cm³/mol. The summed E-state index contributed by atoms with van der Waals surface area (Å²) >= 11 is 0. The number of rotatable bonds is 43. The van der Waals surface area contributed by atoms with Crippen molar-refractivity contribution in [1.29, 1.82) is 0 Å². The second-order valence-electron chi connectivity index (χ2n) is 17.1. The summed E-state index contributed by atoms with van der Waals surface area (Å²) in [6.45, 7) is 4.19. The van der Waals surface area contributed by atoms with E-state index in [1.807, 2.05) is 21.1 Å². The van der Waals surface area contributed by atoms with Gasteiger partial charge in [0.1, 0.15) is 19.8 Å². The maximum absolute atomic E-state index is 12.7. The van der Waals surface area contributed by atoms with E-state index in [4.69, 9.17) is 18.5 Å². The molecule has 0 N–H and O–H groups in total. The van der Waals surface area contributed by atoms with Gasteiger partial charge in [0.25, 0.3) is 7.82 Å². The highest BCUT2D eigenvalue weighted by molar-refractivity contribution is 7.45. The van der Waals surface area contributed by atoms with Crippen LogP contribution in [0.2, 0.25) is 0 Å². The van der Waals surface area contributed by atoms with Crippen LogP contribution in [-0.2, 0) is 32.7 Å². The summed E-state index contributed by atoms with van der Waals surface area (Å²) in [5.41, 5.74) is 0. The topological polar surface area (TPSA) is 111 Å². The standard InChI is InChI=1S/C48H90NO8P/c1-6-8-10-12-14-16-18-20-22-24-26-28-30-32-34-36-38-40-47(50)54-44-46(45-56-58(52,53)55-43-42-49(3,4)5)57-48(51)41-39-37-35-33-31-29-27-25-23-21-19-17-15-13-11-9-7-2/h15,17,21,23,27,29,46H,6-14,16,18-20,22,24-26,28,30-45H2,1-5H3/b17-15-,23-21-,29-27-/t46-/m1/s1. The zero-order chi connectivity index (χ0) is 42.8. The molecule has 0 aliphatic rings. The van der Waals surface area contributed by atoms with Crippen molar-refractivity contribution in [2.75, 3.05) is 47.5 Å². The van der Waals surface area contributed by atoms with Gasteiger partial charge in [-0.25, -0.2) is 0 Å². The lowest BCUT2D eigenvalue weighted by atomic mass is 10.0. The molecule has 10 heteroatoms. The third-order valence-corrected chi connectivity index (χ3v) is 11.1. The number of phosphoric acid groups is 1. The zero-order valence-corrected chi connectivity index (χ0v) is 39.1. The quantitative estimate of drug-likeness (QED) is 0.0196. The maximum Gasteiger partial charge on any atom is 0.306 e. The Bertz CT molecular complexity index is 1090. The van der Waals surface area contributed by atoms with Gasteiger partial charge in [-0.1, -0.05) is 179 Å². The number of esters is 2. The van der Waals surface area contributed by atoms with Gasteiger partial charge in [0, 0.05) is 12.8 Å². The second kappa shape index (κ2) is 40.6. The van der Waals surface area contributed by atoms with Crippen molar-refractivity contribution < 1.29 is 42.1 Å². The molecule has 0 bridgehead atoms. The van der Waals surface area contributed by atoms with Crippen LogP contribution in [0.5, 0.6) is 0 Å². The van der Waals surface area contributed by atoms with Crippen LogP contribution in [0.4, 0.5) is 0 Å². The summed E-state index contributed by atoms with van der Waals surface area (Å²) in [6, 6.07) is 0. The normalized spacial score (nSPS) is 13.8. The van der Waals surface area contributed by atoms with Crippen molar-refractivity contribution >= 4 is 19.8 Å². The molecule has 0 spiro atoms. The fraction of sp³-hybridized carbons (Fsp3) is 0.833. The fourth-order valence-corrected chi connectivity index (χ4v) is 7.16. The lowest BCUT2D eigenvalue weighted by Crippen LogP contribution is -2.37. The number of allylic oxidation sites excluding steroid dienone is 6. The molecule has 0 rings (SSSR count). The minimum absolute atomic E-state index is 0.0347. The van der Waals surface area contributed by atoms with Gasteiger partial charge in [0.05, 0.1) is 27.7 Å². The van der Waals surface area contributed by atoms with Gasteiger partial charge in [-0.15, -0.1) is 0 Å². The number of likely N-dealkylation sites (N-methyl/N-ethyl adjacent to an activating group) is 1. The highest BCUT2D eigenvalue weighted by Crippen LogP contribution is 2.38. The van der Waals surface area contributed by atoms with Crippen LogP contribution in [0.25, 0.3) is 0 Å². The molecule has 0 saturated carbocycles. The molecular formula is C48H90NO8P. The molecule has 1 unspecified atom stereocenters. The Morgan fingerprint density at radius 1 is 0.534 bits per heavy atom. The Kier molecular flexibility index (Phi) is 39.4. The third-order valence-electron chi connectivity index (χ3n) is 10.2. The second-order valence-corrected chi connectivity index (χ2v) is 18.5. The van der Waals surface area contributed by atoms with E-state index in [2.05, 4.69) is 50.3 Å². The highest BCUT2D eigenvalue weighted by atomic mass is 31.2. The molecule has 0 aromatic carbocycles. The van der Waals surface area contributed by atoms with E-state index in [1.54, 1.807) is 0 Å². The molecule has 0 aromatic rings. The average molecular weight is 840 g/mol. The van der Waals surface area contributed by atoms with Gasteiger partial charge in [-0.05, 0) is 51.4 Å². The Labute approximate surface area is 357 Å². The van der Waals surface area contributed by atoms with Crippen LogP contribution in [0.1, 0.15) is 206 Å². The van der Waals surface area contributed by atoms with E-state index < -0.39 is 26.5 Å². The number of ether oxygens (including phenoxy) is 2. The van der Waals surface area contributed by atoms with E-state index in [0.29, 0.717) is 17.4 Å². The molecule has 9 nitrogen and oxygen atoms in total. The smallest absolute Gasteiger partial charge is 0.306 e. The molecule has 0 fully saturated rings. The SMILES string of the molecule is CCCCC/C=C\C/C=C\C/C=C\CCCCCCC(=O)O[C@H](COC(=O)CCCCCCCCCCCCCCCCCCC)COP(=O)([O-])OCC[N+](C)(C)C. The van der Waals surface area contributed by atoms with Crippen molar-refractivity contribution in [3.63, 3.8) is 0 Å². The lowest BCUT2D eigenvalue weighted by molar-refractivity contribution is -0.870. The first-order chi connectivity index (χ1) is 28.0. The summed E-state index contributed by atoms with van der Waals surface area (Å²) in [7, 11) is 1.15. The summed E-state index contributed by atoms with van der Waals surface area (Å²) < 4.78 is 33.9. The van der Waals surface area contributed by atoms with Crippen LogP contribution in [0.3, 0.4) is 0 Å². The Morgan fingerprint density at radius 3 is 1.41 bits per heavy atom. The van der Waals surface area contributed by atoms with Crippen LogP contribution in [0, 0.1) is 0 Å². The van der Waals surface area contributed by atoms with Gasteiger partial charge in [-0.2, -0.15) is 0 Å². The summed E-state index contributed by atoms with van der Waals surface area (Å²) in [4.78, 5) is 37.6. The number of unbranched alkanes of at least 4 members (excludes halogenated alkanes) is 23. The monoisotopic (exact) mass is 840 g/mol. The zero-order valence-electron chi connectivity index (χ0n) is 38.2. The minimum atomic E-state index is -4.63. The van der Waals surface area contributed by atoms with Crippen LogP contribution >= 0.6 is 7.82 Å². The molecule has 0 amide bonds. The van der Waals surface area contributed by atoms with Crippen molar-refractivity contribution in [3.8, 4) is 0 Å². The van der Waals surface area contributed by atoms with Gasteiger partial charge in [-0.3, -0.25) is 14.2 Å². The van der Waals surface area contributed by atoms with E-state index in [9.17, 15) is 19.0 Å². The molecule has 0 aromatic heterocycles. The summed E-state index contributed by atoms with van der Waals surface area (Å²) in [5.74, 6) is -0.853. The predicted octanol–water partition coefficient (Wildman–Crippen LogP) is 13.1. The van der Waals surface area contributed by atoms with Crippen LogP contribution in [0.15, 0.2) is 36.5 Å². The molecule has 0 aliphatic heterocycles. The molecule has 58 heavy (non-hydrogen) atoms. The van der Waals surface area contributed by atoms with E-state index >= 15 is 0 Å². The number of quaternary nitrogens is 1. The van der Waals surface area contributed by atoms with Crippen LogP contribution in [-0.4, -0.2) is 70.0 Å². The third kappa shape index (κ3) is 43.8. The van der Waals surface area contributed by atoms with Gasteiger partial charge < -0.3 is 27.9 Å². The summed E-state index contributed by atoms with van der Waals surface area (Å²) in [5, 5.41) is 0. The number of phosphoric ester groups is 1.